The number of piperidine rings is 1. The molecule has 0 aliphatic carbocycles. The van der Waals surface area contributed by atoms with Crippen LogP contribution in [0.1, 0.15) is 57.1 Å². The molecule has 1 saturated heterocycles. The molecule has 6 heteroatoms. The molecule has 1 fully saturated rings. The van der Waals surface area contributed by atoms with E-state index in [1.807, 2.05) is 0 Å². The van der Waals surface area contributed by atoms with Gasteiger partial charge < -0.3 is 16.4 Å². The summed E-state index contributed by atoms with van der Waals surface area (Å²) >= 11 is 0. The third kappa shape index (κ3) is 8.27. The van der Waals surface area contributed by atoms with E-state index in [0.717, 1.165) is 18.9 Å². The van der Waals surface area contributed by atoms with Crippen molar-refractivity contribution in [3.8, 4) is 0 Å². The number of carbonyl (C=O) groups is 1. The van der Waals surface area contributed by atoms with Crippen molar-refractivity contribution in [1.82, 2.24) is 4.90 Å². The molecule has 168 valence electrons. The second-order valence-corrected chi connectivity index (χ2v) is 7.93. The third-order valence-electron chi connectivity index (χ3n) is 5.45. The lowest BCUT2D eigenvalue weighted by Gasteiger charge is -2.34. The van der Waals surface area contributed by atoms with Gasteiger partial charge in [0, 0.05) is 25.2 Å². The van der Waals surface area contributed by atoms with Crippen LogP contribution in [0.25, 0.3) is 0 Å². The fraction of sp³-hybridized carbons (Fsp3) is 0.542. The molecule has 1 aromatic carbocycles. The Kier molecular flexibility index (Phi) is 11.3. The lowest BCUT2D eigenvalue weighted by molar-refractivity contribution is -0.128. The number of nitrogens with two attached hydrogens (primary N) is 2. The standard InChI is InChI=1S/C17H23F2N3O.C7H14/c1-10-7-13(15(19)9-14(10)18)8-16(21)12-3-5-22(6-4-12)17(23)11(2)20;1-3-5-7-6-4-2/h7,9,12,16H,2-6,8,20-21H2,1H3;3,5H,4,6-7H2,1-2H3/b;5-3-. The smallest absolute Gasteiger partial charge is 0.269 e. The fourth-order valence-electron chi connectivity index (χ4n) is 3.52. The van der Waals surface area contributed by atoms with Crippen molar-refractivity contribution in [2.75, 3.05) is 13.1 Å². The quantitative estimate of drug-likeness (QED) is 0.384. The average Bonchev–Trinajstić information content (AvgIpc) is 2.72. The SMILES string of the molecule is C/C=C\CCCC.C=C(N)C(=O)N1CCC(C(N)Cc2cc(C)c(F)cc2F)CC1. The molecule has 4 N–H and O–H groups in total. The molecule has 0 radical (unpaired) electrons. The molecule has 1 atom stereocenters. The van der Waals surface area contributed by atoms with Crippen molar-refractivity contribution < 1.29 is 13.6 Å². The van der Waals surface area contributed by atoms with Crippen LogP contribution < -0.4 is 11.5 Å². The number of halogens is 2. The minimum absolute atomic E-state index is 0.0385. The van der Waals surface area contributed by atoms with Crippen molar-refractivity contribution in [2.45, 2.75) is 65.3 Å². The zero-order valence-electron chi connectivity index (χ0n) is 18.6. The van der Waals surface area contributed by atoms with Crippen molar-refractivity contribution in [3.63, 3.8) is 0 Å². The normalized spacial score (nSPS) is 15.6. The maximum atomic E-state index is 13.8. The van der Waals surface area contributed by atoms with Gasteiger partial charge >= 0.3 is 0 Å². The zero-order valence-corrected chi connectivity index (χ0v) is 18.6. The summed E-state index contributed by atoms with van der Waals surface area (Å²) in [5, 5.41) is 0. The number of carbonyl (C=O) groups excluding carboxylic acids is 1. The highest BCUT2D eigenvalue weighted by Crippen LogP contribution is 2.24. The maximum Gasteiger partial charge on any atom is 0.269 e. The number of unbranched alkanes of at least 4 members (excludes halogenated alkanes) is 2. The number of hydrogen-bond acceptors (Lipinski definition) is 3. The van der Waals surface area contributed by atoms with Gasteiger partial charge in [-0.05, 0) is 56.6 Å². The van der Waals surface area contributed by atoms with Crippen LogP contribution >= 0.6 is 0 Å². The molecule has 0 saturated carbocycles. The van der Waals surface area contributed by atoms with Crippen molar-refractivity contribution in [1.29, 1.82) is 0 Å². The van der Waals surface area contributed by atoms with Gasteiger partial charge in [0.2, 0.25) is 0 Å². The van der Waals surface area contributed by atoms with Crippen LogP contribution in [0.3, 0.4) is 0 Å². The number of benzene rings is 1. The third-order valence-corrected chi connectivity index (χ3v) is 5.45. The van der Waals surface area contributed by atoms with Gasteiger partial charge in [-0.3, -0.25) is 4.79 Å². The Labute approximate surface area is 180 Å². The van der Waals surface area contributed by atoms with Gasteiger partial charge in [0.15, 0.2) is 0 Å². The van der Waals surface area contributed by atoms with Crippen LogP contribution in [0, 0.1) is 24.5 Å². The molecular weight excluding hydrogens is 384 g/mol. The molecule has 1 aliphatic rings. The van der Waals surface area contributed by atoms with Crippen molar-refractivity contribution >= 4 is 5.91 Å². The summed E-state index contributed by atoms with van der Waals surface area (Å²) in [5.74, 6) is -1.16. The summed E-state index contributed by atoms with van der Waals surface area (Å²) in [6.07, 6.45) is 10.1. The number of rotatable bonds is 7. The van der Waals surface area contributed by atoms with Gasteiger partial charge in [-0.25, -0.2) is 8.78 Å². The zero-order chi connectivity index (χ0) is 22.7. The number of nitrogens with zero attached hydrogens (tertiary/aromatic N) is 1. The summed E-state index contributed by atoms with van der Waals surface area (Å²) in [4.78, 5) is 13.4. The second-order valence-electron chi connectivity index (χ2n) is 7.93. The van der Waals surface area contributed by atoms with E-state index in [9.17, 15) is 13.6 Å². The van der Waals surface area contributed by atoms with E-state index in [1.54, 1.807) is 11.8 Å². The Balaban J connectivity index is 0.000000553. The molecule has 2 rings (SSSR count). The Morgan fingerprint density at radius 2 is 1.93 bits per heavy atom. The molecule has 30 heavy (non-hydrogen) atoms. The molecule has 1 aliphatic heterocycles. The molecule has 1 aromatic rings. The summed E-state index contributed by atoms with van der Waals surface area (Å²) in [7, 11) is 0. The Hall–Kier alpha value is -2.21. The minimum Gasteiger partial charge on any atom is -0.395 e. The van der Waals surface area contributed by atoms with Gasteiger partial charge in [0.05, 0.1) is 5.70 Å². The van der Waals surface area contributed by atoms with E-state index < -0.39 is 11.6 Å². The highest BCUT2D eigenvalue weighted by Gasteiger charge is 2.27. The molecule has 1 heterocycles. The Morgan fingerprint density at radius 3 is 2.47 bits per heavy atom. The molecule has 0 aromatic heterocycles. The Bertz CT molecular complexity index is 725. The van der Waals surface area contributed by atoms with Gasteiger partial charge in [-0.1, -0.05) is 44.6 Å². The average molecular weight is 422 g/mol. The van der Waals surface area contributed by atoms with Gasteiger partial charge in [0.25, 0.3) is 5.91 Å². The van der Waals surface area contributed by atoms with E-state index in [4.69, 9.17) is 11.5 Å². The van der Waals surface area contributed by atoms with Gasteiger partial charge in [0.1, 0.15) is 11.6 Å². The van der Waals surface area contributed by atoms with Crippen LogP contribution in [-0.2, 0) is 11.2 Å². The molecule has 4 nitrogen and oxygen atoms in total. The highest BCUT2D eigenvalue weighted by atomic mass is 19.1. The largest absolute Gasteiger partial charge is 0.395 e. The van der Waals surface area contributed by atoms with E-state index >= 15 is 0 Å². The van der Waals surface area contributed by atoms with Gasteiger partial charge in [-0.2, -0.15) is 0 Å². The van der Waals surface area contributed by atoms with E-state index in [-0.39, 0.29) is 23.6 Å². The first-order valence-corrected chi connectivity index (χ1v) is 10.8. The molecule has 1 amide bonds. The van der Waals surface area contributed by atoms with Crippen molar-refractivity contribution in [2.24, 2.45) is 17.4 Å². The van der Waals surface area contributed by atoms with Crippen LogP contribution in [0.5, 0.6) is 0 Å². The van der Waals surface area contributed by atoms with Crippen molar-refractivity contribution in [3.05, 3.63) is 59.3 Å². The van der Waals surface area contributed by atoms with Crippen LogP contribution in [0.2, 0.25) is 0 Å². The topological polar surface area (TPSA) is 72.4 Å². The van der Waals surface area contributed by atoms with Crippen LogP contribution in [0.15, 0.2) is 36.6 Å². The lowest BCUT2D eigenvalue weighted by atomic mass is 9.86. The predicted octanol–water partition coefficient (Wildman–Crippen LogP) is 4.61. The first-order chi connectivity index (χ1) is 14.2. The summed E-state index contributed by atoms with van der Waals surface area (Å²) in [6, 6.07) is 2.19. The van der Waals surface area contributed by atoms with Crippen LogP contribution in [0.4, 0.5) is 8.78 Å². The summed E-state index contributed by atoms with van der Waals surface area (Å²) < 4.78 is 27.2. The first-order valence-electron chi connectivity index (χ1n) is 10.8. The van der Waals surface area contributed by atoms with E-state index in [2.05, 4.69) is 32.6 Å². The van der Waals surface area contributed by atoms with Gasteiger partial charge in [-0.15, -0.1) is 0 Å². The number of hydrogen-bond donors (Lipinski definition) is 2. The number of likely N-dealkylation sites (tertiary alicyclic amines) is 1. The van der Waals surface area contributed by atoms with E-state index in [1.165, 1.54) is 25.3 Å². The molecular formula is C24H37F2N3O. The lowest BCUT2D eigenvalue weighted by Crippen LogP contribution is -2.45. The number of allylic oxidation sites excluding steroid dienone is 2. The van der Waals surface area contributed by atoms with Crippen LogP contribution in [-0.4, -0.2) is 29.9 Å². The monoisotopic (exact) mass is 421 g/mol. The number of amides is 1. The fourth-order valence-corrected chi connectivity index (χ4v) is 3.52. The highest BCUT2D eigenvalue weighted by molar-refractivity contribution is 5.91. The minimum atomic E-state index is -0.560. The molecule has 0 bridgehead atoms. The number of aryl methyl sites for hydroxylation is 1. The Morgan fingerprint density at radius 1 is 1.30 bits per heavy atom. The maximum absolute atomic E-state index is 13.8. The first kappa shape index (κ1) is 25.8. The molecule has 0 spiro atoms. The summed E-state index contributed by atoms with van der Waals surface area (Å²) in [5.41, 5.74) is 12.5. The predicted molar refractivity (Wildman–Crippen MR) is 120 cm³/mol. The second kappa shape index (κ2) is 13.2. The summed E-state index contributed by atoms with van der Waals surface area (Å²) in [6.45, 7) is 10.5. The van der Waals surface area contributed by atoms with E-state index in [0.29, 0.717) is 30.6 Å². The molecule has 1 unspecified atom stereocenters.